The number of carbonyl (C=O) groups excluding carboxylic acids is 3. The Balaban J connectivity index is 4.22. The Bertz CT molecular complexity index is 1380. The van der Waals surface area contributed by atoms with Gasteiger partial charge < -0.3 is 14.2 Å². The van der Waals surface area contributed by atoms with Crippen molar-refractivity contribution in [1.29, 1.82) is 0 Å². The van der Waals surface area contributed by atoms with Gasteiger partial charge in [0.1, 0.15) is 13.2 Å². The minimum absolute atomic E-state index is 0.0917. The Morgan fingerprint density at radius 3 is 0.913 bits per heavy atom. The molecule has 0 amide bonds. The van der Waals surface area contributed by atoms with Crippen molar-refractivity contribution in [3.8, 4) is 0 Å². The Morgan fingerprint density at radius 1 is 0.304 bits per heavy atom. The van der Waals surface area contributed by atoms with Gasteiger partial charge in [-0.1, -0.05) is 234 Å². The van der Waals surface area contributed by atoms with E-state index in [0.717, 1.165) is 116 Å². The van der Waals surface area contributed by atoms with Crippen LogP contribution in [-0.4, -0.2) is 37.2 Å². The molecule has 0 saturated heterocycles. The number of rotatable bonds is 51. The van der Waals surface area contributed by atoms with E-state index in [1.165, 1.54) is 109 Å². The SMILES string of the molecule is CC/C=C\C/C=C\C/C=C\C/C=C\CCCCCCCCCCCCCCCCC(=O)OCC(COC(=O)CCCCCCC/C=C\CCCC)OC(=O)CCCCC/C=C\C/C=C\C/C=C\CC. The van der Waals surface area contributed by atoms with Crippen LogP contribution in [-0.2, 0) is 28.6 Å². The second-order valence-corrected chi connectivity index (χ2v) is 18.8. The third kappa shape index (κ3) is 55.1. The molecule has 0 aromatic rings. The van der Waals surface area contributed by atoms with E-state index in [-0.39, 0.29) is 31.1 Å². The van der Waals surface area contributed by atoms with Crippen LogP contribution in [0.2, 0.25) is 0 Å². The van der Waals surface area contributed by atoms with Crippen molar-refractivity contribution >= 4 is 17.9 Å². The molecule has 0 bridgehead atoms. The van der Waals surface area contributed by atoms with Crippen LogP contribution >= 0.6 is 0 Å². The fraction of sp³-hybridized carbons (Fsp3) is 0.698. The predicted molar refractivity (Wildman–Crippen MR) is 297 cm³/mol. The van der Waals surface area contributed by atoms with Gasteiger partial charge in [0.2, 0.25) is 0 Å². The molecule has 0 radical (unpaired) electrons. The molecule has 0 aliphatic carbocycles. The Morgan fingerprint density at radius 2 is 0.565 bits per heavy atom. The van der Waals surface area contributed by atoms with Gasteiger partial charge >= 0.3 is 17.9 Å². The Hall–Kier alpha value is -3.67. The molecule has 69 heavy (non-hydrogen) atoms. The first-order valence-corrected chi connectivity index (χ1v) is 28.7. The molecular weight excluding hydrogens is 853 g/mol. The highest BCUT2D eigenvalue weighted by Gasteiger charge is 2.19. The largest absolute Gasteiger partial charge is 0.462 e. The van der Waals surface area contributed by atoms with Gasteiger partial charge in [0, 0.05) is 19.3 Å². The monoisotopic (exact) mass is 959 g/mol. The van der Waals surface area contributed by atoms with E-state index in [0.29, 0.717) is 19.3 Å². The van der Waals surface area contributed by atoms with Crippen molar-refractivity contribution in [3.05, 3.63) is 97.2 Å². The first-order chi connectivity index (χ1) is 34.0. The van der Waals surface area contributed by atoms with E-state index >= 15 is 0 Å². The molecule has 0 saturated carbocycles. The minimum atomic E-state index is -0.795. The zero-order chi connectivity index (χ0) is 50.0. The number of carbonyl (C=O) groups is 3. The number of hydrogen-bond donors (Lipinski definition) is 0. The highest BCUT2D eigenvalue weighted by Crippen LogP contribution is 2.15. The third-order valence-corrected chi connectivity index (χ3v) is 12.1. The van der Waals surface area contributed by atoms with Crippen molar-refractivity contribution in [2.45, 2.75) is 271 Å². The van der Waals surface area contributed by atoms with Gasteiger partial charge in [-0.05, 0) is 109 Å². The van der Waals surface area contributed by atoms with Crippen LogP contribution in [0.1, 0.15) is 265 Å². The van der Waals surface area contributed by atoms with Crippen LogP contribution in [0.5, 0.6) is 0 Å². The molecular formula is C63H106O6. The third-order valence-electron chi connectivity index (χ3n) is 12.1. The summed E-state index contributed by atoms with van der Waals surface area (Å²) in [5.41, 5.74) is 0. The van der Waals surface area contributed by atoms with Gasteiger partial charge in [-0.25, -0.2) is 0 Å². The van der Waals surface area contributed by atoms with Gasteiger partial charge in [-0.2, -0.15) is 0 Å². The van der Waals surface area contributed by atoms with Crippen LogP contribution in [0.3, 0.4) is 0 Å². The molecule has 394 valence electrons. The quantitative estimate of drug-likeness (QED) is 0.0262. The molecule has 0 fully saturated rings. The molecule has 1 atom stereocenters. The number of esters is 3. The van der Waals surface area contributed by atoms with Gasteiger partial charge in [0.25, 0.3) is 0 Å². The van der Waals surface area contributed by atoms with Crippen LogP contribution in [0, 0.1) is 0 Å². The van der Waals surface area contributed by atoms with Crippen LogP contribution in [0.4, 0.5) is 0 Å². The van der Waals surface area contributed by atoms with E-state index in [4.69, 9.17) is 14.2 Å². The van der Waals surface area contributed by atoms with E-state index in [9.17, 15) is 14.4 Å². The van der Waals surface area contributed by atoms with E-state index in [2.05, 4.69) is 118 Å². The number of hydrogen-bond acceptors (Lipinski definition) is 6. The molecule has 0 rings (SSSR count). The maximum absolute atomic E-state index is 12.8. The first-order valence-electron chi connectivity index (χ1n) is 28.7. The van der Waals surface area contributed by atoms with Crippen LogP contribution in [0.15, 0.2) is 97.2 Å². The summed E-state index contributed by atoms with van der Waals surface area (Å²) in [5, 5.41) is 0. The van der Waals surface area contributed by atoms with Crippen molar-refractivity contribution in [1.82, 2.24) is 0 Å². The smallest absolute Gasteiger partial charge is 0.306 e. The standard InChI is InChI=1S/C63H106O6/c1-4-7-10-13-16-19-22-24-25-26-27-28-29-30-31-32-33-34-35-36-37-39-41-44-47-50-53-56-62(65)68-59-60(58-67-61(64)55-52-49-46-43-40-21-18-15-12-9-6-3)69-63(66)57-54-51-48-45-42-38-23-20-17-14-11-8-5-2/h7-8,10-11,15-20,24-25,27-28,38,42,60H,4-6,9,12-14,21-23,26,29-37,39-41,43-59H2,1-3H3/b10-7-,11-8-,18-15-,19-16-,20-17-,25-24-,28-27-,42-38-. The minimum Gasteiger partial charge on any atom is -0.462 e. The highest BCUT2D eigenvalue weighted by atomic mass is 16.6. The average Bonchev–Trinajstić information content (AvgIpc) is 3.35. The van der Waals surface area contributed by atoms with E-state index in [1.54, 1.807) is 0 Å². The molecule has 0 spiro atoms. The summed E-state index contributed by atoms with van der Waals surface area (Å²) in [6.07, 6.45) is 75.6. The van der Waals surface area contributed by atoms with Crippen molar-refractivity contribution in [2.75, 3.05) is 13.2 Å². The van der Waals surface area contributed by atoms with Crippen LogP contribution < -0.4 is 0 Å². The summed E-state index contributed by atoms with van der Waals surface area (Å²) in [6, 6.07) is 0. The lowest BCUT2D eigenvalue weighted by Crippen LogP contribution is -2.30. The number of allylic oxidation sites excluding steroid dienone is 16. The molecule has 0 aromatic carbocycles. The fourth-order valence-electron chi connectivity index (χ4n) is 7.78. The molecule has 0 aliphatic heterocycles. The molecule has 0 heterocycles. The predicted octanol–water partition coefficient (Wildman–Crippen LogP) is 19.3. The lowest BCUT2D eigenvalue weighted by atomic mass is 10.0. The Labute approximate surface area is 426 Å². The van der Waals surface area contributed by atoms with Gasteiger partial charge in [0.15, 0.2) is 6.10 Å². The summed E-state index contributed by atoms with van der Waals surface area (Å²) in [5.74, 6) is -0.931. The zero-order valence-electron chi connectivity index (χ0n) is 45.0. The van der Waals surface area contributed by atoms with Gasteiger partial charge in [-0.3, -0.25) is 14.4 Å². The zero-order valence-corrected chi connectivity index (χ0v) is 45.0. The summed E-state index contributed by atoms with van der Waals surface area (Å²) < 4.78 is 16.8. The van der Waals surface area contributed by atoms with Crippen LogP contribution in [0.25, 0.3) is 0 Å². The van der Waals surface area contributed by atoms with E-state index < -0.39 is 6.10 Å². The number of unbranched alkanes of at least 4 members (excludes halogenated alkanes) is 24. The Kier molecular flexibility index (Phi) is 53.9. The second kappa shape index (κ2) is 56.9. The normalized spacial score (nSPS) is 12.8. The summed E-state index contributed by atoms with van der Waals surface area (Å²) in [7, 11) is 0. The lowest BCUT2D eigenvalue weighted by molar-refractivity contribution is -0.167. The molecule has 0 N–H and O–H groups in total. The van der Waals surface area contributed by atoms with Gasteiger partial charge in [-0.15, -0.1) is 0 Å². The molecule has 1 unspecified atom stereocenters. The molecule has 6 heteroatoms. The average molecular weight is 960 g/mol. The lowest BCUT2D eigenvalue weighted by Gasteiger charge is -2.18. The van der Waals surface area contributed by atoms with Gasteiger partial charge in [0.05, 0.1) is 0 Å². The van der Waals surface area contributed by atoms with E-state index in [1.807, 2.05) is 0 Å². The number of ether oxygens (including phenoxy) is 3. The summed E-state index contributed by atoms with van der Waals surface area (Å²) in [4.78, 5) is 38.0. The molecule has 0 aliphatic rings. The van der Waals surface area contributed by atoms with Crippen molar-refractivity contribution in [3.63, 3.8) is 0 Å². The maximum atomic E-state index is 12.8. The van der Waals surface area contributed by atoms with Crippen molar-refractivity contribution < 1.29 is 28.6 Å². The first kappa shape index (κ1) is 65.3. The highest BCUT2D eigenvalue weighted by molar-refractivity contribution is 5.71. The fourth-order valence-corrected chi connectivity index (χ4v) is 7.78. The van der Waals surface area contributed by atoms with Crippen molar-refractivity contribution in [2.24, 2.45) is 0 Å². The topological polar surface area (TPSA) is 78.9 Å². The second-order valence-electron chi connectivity index (χ2n) is 18.8. The summed E-state index contributed by atoms with van der Waals surface area (Å²) in [6.45, 7) is 6.34. The molecule has 0 aromatic heterocycles. The molecule has 6 nitrogen and oxygen atoms in total. The summed E-state index contributed by atoms with van der Waals surface area (Å²) >= 11 is 0. The maximum Gasteiger partial charge on any atom is 0.306 e.